The first kappa shape index (κ1) is 17.1. The number of amides is 2. The van der Waals surface area contributed by atoms with E-state index in [2.05, 4.69) is 10.6 Å². The summed E-state index contributed by atoms with van der Waals surface area (Å²) < 4.78 is 38.5. The van der Waals surface area contributed by atoms with E-state index in [1.807, 2.05) is 0 Å². The summed E-state index contributed by atoms with van der Waals surface area (Å²) in [6.07, 6.45) is -2.92. The van der Waals surface area contributed by atoms with E-state index < -0.39 is 22.9 Å². The zero-order valence-corrected chi connectivity index (χ0v) is 13.4. The molecular formula is C17H11F3N2O2S. The number of alkyl halides is 3. The number of carbonyl (C=O) groups is 2. The van der Waals surface area contributed by atoms with E-state index in [0.29, 0.717) is 11.3 Å². The van der Waals surface area contributed by atoms with Crippen molar-refractivity contribution in [3.05, 3.63) is 64.6 Å². The minimum Gasteiger partial charge on any atom is -0.355 e. The monoisotopic (exact) mass is 364 g/mol. The van der Waals surface area contributed by atoms with Gasteiger partial charge in [-0.2, -0.15) is 13.2 Å². The fraction of sp³-hybridized carbons (Fsp3) is 0.0588. The summed E-state index contributed by atoms with van der Waals surface area (Å²) in [4.78, 5) is 23.1. The highest BCUT2D eigenvalue weighted by Crippen LogP contribution is 2.33. The number of halogens is 3. The van der Waals surface area contributed by atoms with Crippen LogP contribution in [0, 0.1) is 0 Å². The van der Waals surface area contributed by atoms with E-state index in [1.54, 1.807) is 24.3 Å². The van der Waals surface area contributed by atoms with Gasteiger partial charge in [0.15, 0.2) is 0 Å². The number of carbonyl (C=O) groups excluding carboxylic acids is 2. The zero-order valence-electron chi connectivity index (χ0n) is 12.6. The van der Waals surface area contributed by atoms with E-state index in [9.17, 15) is 22.8 Å². The van der Waals surface area contributed by atoms with Gasteiger partial charge in [0, 0.05) is 11.4 Å². The van der Waals surface area contributed by atoms with Gasteiger partial charge in [-0.05, 0) is 47.7 Å². The van der Waals surface area contributed by atoms with Crippen molar-refractivity contribution in [1.82, 2.24) is 5.32 Å². The van der Waals surface area contributed by atoms with Crippen LogP contribution in [0.25, 0.3) is 6.08 Å². The fourth-order valence-corrected chi connectivity index (χ4v) is 2.90. The van der Waals surface area contributed by atoms with Crippen molar-refractivity contribution in [3.63, 3.8) is 0 Å². The maximum absolute atomic E-state index is 12.8. The molecule has 1 heterocycles. The Balaban J connectivity index is 1.91. The van der Waals surface area contributed by atoms with Crippen LogP contribution in [0.15, 0.2) is 53.4 Å². The lowest BCUT2D eigenvalue weighted by Crippen LogP contribution is -2.17. The van der Waals surface area contributed by atoms with Crippen molar-refractivity contribution in [2.45, 2.75) is 6.18 Å². The smallest absolute Gasteiger partial charge is 0.355 e. The molecule has 0 unspecified atom stereocenters. The minimum absolute atomic E-state index is 0.225. The molecule has 3 rings (SSSR count). The van der Waals surface area contributed by atoms with Crippen LogP contribution in [0.3, 0.4) is 0 Å². The summed E-state index contributed by atoms with van der Waals surface area (Å²) in [7, 11) is 0. The number of anilines is 2. The molecule has 0 saturated carbocycles. The van der Waals surface area contributed by atoms with Gasteiger partial charge >= 0.3 is 6.18 Å². The molecule has 25 heavy (non-hydrogen) atoms. The predicted molar refractivity (Wildman–Crippen MR) is 90.3 cm³/mol. The number of rotatable bonds is 3. The molecule has 0 spiro atoms. The SMILES string of the molecule is O=C1NC(=O)/C(=C\c2ccccc2Nc2cccc(C(F)(F)F)c2)S1. The molecule has 1 fully saturated rings. The number of nitrogens with one attached hydrogen (secondary N) is 2. The second kappa shape index (κ2) is 6.64. The average Bonchev–Trinajstić information content (AvgIpc) is 2.86. The van der Waals surface area contributed by atoms with Gasteiger partial charge in [0.1, 0.15) is 0 Å². The Morgan fingerprint density at radius 1 is 1.04 bits per heavy atom. The summed E-state index contributed by atoms with van der Waals surface area (Å²) in [6.45, 7) is 0. The number of hydrogen-bond acceptors (Lipinski definition) is 4. The van der Waals surface area contributed by atoms with Crippen molar-refractivity contribution in [2.24, 2.45) is 0 Å². The quantitative estimate of drug-likeness (QED) is 0.770. The highest BCUT2D eigenvalue weighted by molar-refractivity contribution is 8.18. The first-order valence-corrected chi connectivity index (χ1v) is 7.93. The van der Waals surface area contributed by atoms with Gasteiger partial charge < -0.3 is 5.32 Å². The number of thioether (sulfide) groups is 1. The van der Waals surface area contributed by atoms with Crippen molar-refractivity contribution < 1.29 is 22.8 Å². The van der Waals surface area contributed by atoms with Crippen molar-refractivity contribution in [1.29, 1.82) is 0 Å². The summed E-state index contributed by atoms with van der Waals surface area (Å²) in [5.41, 5.74) is 0.597. The normalized spacial score (nSPS) is 16.2. The molecule has 1 saturated heterocycles. The van der Waals surface area contributed by atoms with Gasteiger partial charge in [0.05, 0.1) is 10.5 Å². The Morgan fingerprint density at radius 3 is 2.48 bits per heavy atom. The molecule has 1 aliphatic heterocycles. The van der Waals surface area contributed by atoms with E-state index in [0.717, 1.165) is 23.9 Å². The first-order valence-electron chi connectivity index (χ1n) is 7.11. The summed E-state index contributed by atoms with van der Waals surface area (Å²) >= 11 is 0.774. The van der Waals surface area contributed by atoms with Crippen LogP contribution in [0.4, 0.5) is 29.3 Å². The minimum atomic E-state index is -4.43. The maximum Gasteiger partial charge on any atom is 0.416 e. The highest BCUT2D eigenvalue weighted by Gasteiger charge is 2.30. The van der Waals surface area contributed by atoms with Crippen molar-refractivity contribution >= 4 is 40.4 Å². The van der Waals surface area contributed by atoms with Gasteiger partial charge in [-0.3, -0.25) is 14.9 Å². The topological polar surface area (TPSA) is 58.2 Å². The van der Waals surface area contributed by atoms with Gasteiger partial charge in [0.25, 0.3) is 11.1 Å². The fourth-order valence-electron chi connectivity index (χ4n) is 2.23. The Labute approximate surface area is 145 Å². The van der Waals surface area contributed by atoms with E-state index in [4.69, 9.17) is 0 Å². The lowest BCUT2D eigenvalue weighted by atomic mass is 10.1. The lowest BCUT2D eigenvalue weighted by molar-refractivity contribution is -0.137. The summed E-state index contributed by atoms with van der Waals surface area (Å²) in [6, 6.07) is 11.6. The third-order valence-electron chi connectivity index (χ3n) is 3.36. The molecule has 2 aromatic rings. The molecule has 8 heteroatoms. The van der Waals surface area contributed by atoms with Gasteiger partial charge in [0.2, 0.25) is 0 Å². The van der Waals surface area contributed by atoms with Crippen molar-refractivity contribution in [2.75, 3.05) is 5.32 Å². The Kier molecular flexibility index (Phi) is 4.54. The standard InChI is InChI=1S/C17H11F3N2O2S/c18-17(19,20)11-5-3-6-12(9-11)21-13-7-2-1-4-10(13)8-14-15(23)22-16(24)25-14/h1-9,21H,(H,22,23,24)/b14-8+. The molecule has 0 bridgehead atoms. The predicted octanol–water partition coefficient (Wildman–Crippen LogP) is 4.77. The van der Waals surface area contributed by atoms with E-state index >= 15 is 0 Å². The Morgan fingerprint density at radius 2 is 1.80 bits per heavy atom. The third-order valence-corrected chi connectivity index (χ3v) is 4.17. The molecule has 2 aromatic carbocycles. The molecule has 0 radical (unpaired) electrons. The molecule has 128 valence electrons. The summed E-state index contributed by atoms with van der Waals surface area (Å²) in [5.74, 6) is -0.496. The molecule has 1 aliphatic rings. The molecule has 2 amide bonds. The zero-order chi connectivity index (χ0) is 18.0. The third kappa shape index (κ3) is 4.03. The molecule has 0 atom stereocenters. The molecular weight excluding hydrogens is 353 g/mol. The highest BCUT2D eigenvalue weighted by atomic mass is 32.2. The van der Waals surface area contributed by atoms with E-state index in [1.165, 1.54) is 18.2 Å². The first-order chi connectivity index (χ1) is 11.8. The van der Waals surface area contributed by atoms with Crippen LogP contribution in [0.5, 0.6) is 0 Å². The van der Waals surface area contributed by atoms with Crippen LogP contribution < -0.4 is 10.6 Å². The van der Waals surface area contributed by atoms with Crippen molar-refractivity contribution in [3.8, 4) is 0 Å². The molecule has 4 nitrogen and oxygen atoms in total. The number of hydrogen-bond donors (Lipinski definition) is 2. The summed E-state index contributed by atoms with van der Waals surface area (Å²) in [5, 5.41) is 4.61. The van der Waals surface area contributed by atoms with Gasteiger partial charge in [-0.15, -0.1) is 0 Å². The van der Waals surface area contributed by atoms with Crippen LogP contribution in [0.1, 0.15) is 11.1 Å². The number of benzene rings is 2. The molecule has 0 aromatic heterocycles. The van der Waals surface area contributed by atoms with Crippen LogP contribution in [-0.4, -0.2) is 11.1 Å². The maximum atomic E-state index is 12.8. The van der Waals surface area contributed by atoms with Crippen LogP contribution in [0.2, 0.25) is 0 Å². The molecule has 0 aliphatic carbocycles. The van der Waals surface area contributed by atoms with E-state index in [-0.39, 0.29) is 10.6 Å². The van der Waals surface area contributed by atoms with Gasteiger partial charge in [-0.25, -0.2) is 0 Å². The lowest BCUT2D eigenvalue weighted by Gasteiger charge is -2.12. The number of imide groups is 1. The second-order valence-electron chi connectivity index (χ2n) is 5.14. The average molecular weight is 364 g/mol. The Bertz CT molecular complexity index is 878. The van der Waals surface area contributed by atoms with Crippen LogP contribution in [-0.2, 0) is 11.0 Å². The Hall–Kier alpha value is -2.74. The largest absolute Gasteiger partial charge is 0.416 e. The van der Waals surface area contributed by atoms with Gasteiger partial charge in [-0.1, -0.05) is 24.3 Å². The second-order valence-corrected chi connectivity index (χ2v) is 6.16. The van der Waals surface area contributed by atoms with Crippen LogP contribution >= 0.6 is 11.8 Å². The number of para-hydroxylation sites is 1. The molecule has 2 N–H and O–H groups in total.